The summed E-state index contributed by atoms with van der Waals surface area (Å²) in [6.45, 7) is 0. The Morgan fingerprint density at radius 3 is 2.38 bits per heavy atom. The Morgan fingerprint density at radius 2 is 1.71 bits per heavy atom. The van der Waals surface area contributed by atoms with Gasteiger partial charge in [0, 0.05) is 18.1 Å². The zero-order valence-electron chi connectivity index (χ0n) is 12.6. The monoisotopic (exact) mass is 326 g/mol. The number of para-hydroxylation sites is 1. The van der Waals surface area contributed by atoms with Crippen LogP contribution in [0.4, 0.5) is 5.69 Å². The van der Waals surface area contributed by atoms with E-state index in [2.05, 4.69) is 4.98 Å². The molecule has 0 aliphatic carbocycles. The van der Waals surface area contributed by atoms with Crippen LogP contribution >= 0.6 is 0 Å². The molecule has 2 aromatic carbocycles. The summed E-state index contributed by atoms with van der Waals surface area (Å²) in [5.41, 5.74) is -0.739. The van der Waals surface area contributed by atoms with Crippen LogP contribution in [-0.4, -0.2) is 33.3 Å². The van der Waals surface area contributed by atoms with Gasteiger partial charge in [-0.25, -0.2) is 0 Å². The maximum atomic E-state index is 12.6. The number of rotatable bonds is 2. The summed E-state index contributed by atoms with van der Waals surface area (Å²) in [4.78, 5) is 28.4. The highest BCUT2D eigenvalue weighted by molar-refractivity contribution is 6.10. The first-order valence-electron chi connectivity index (χ1n) is 7.04. The van der Waals surface area contributed by atoms with Crippen molar-refractivity contribution in [3.05, 3.63) is 58.4 Å². The van der Waals surface area contributed by atoms with E-state index in [4.69, 9.17) is 0 Å². The number of benzene rings is 2. The average molecular weight is 326 g/mol. The molecule has 7 nitrogen and oxygen atoms in total. The number of carbonyl (C=O) groups excluding carboxylic acids is 1. The minimum atomic E-state index is -0.808. The normalized spacial score (nSPS) is 10.7. The van der Waals surface area contributed by atoms with Gasteiger partial charge in [-0.05, 0) is 36.4 Å². The fourth-order valence-electron chi connectivity index (χ4n) is 2.45. The topological polar surface area (TPSA) is 114 Å². The van der Waals surface area contributed by atoms with Crippen LogP contribution in [0.25, 0.3) is 10.9 Å². The Labute approximate surface area is 136 Å². The largest absolute Gasteiger partial charge is 0.508 e. The fraction of sp³-hybridized carbons (Fsp3) is 0.0588. The SMILES string of the molecule is CN(C(=O)c1c(O)c2cccc(O)c2[nH]c1=O)c1ccc(O)cc1. The lowest BCUT2D eigenvalue weighted by Gasteiger charge is -2.18. The number of aromatic nitrogens is 1. The second-order valence-corrected chi connectivity index (χ2v) is 5.26. The van der Waals surface area contributed by atoms with E-state index in [-0.39, 0.29) is 22.4 Å². The molecule has 3 rings (SSSR count). The van der Waals surface area contributed by atoms with Crippen molar-refractivity contribution >= 4 is 22.5 Å². The number of pyridine rings is 1. The molecule has 0 bridgehead atoms. The maximum absolute atomic E-state index is 12.6. The van der Waals surface area contributed by atoms with Gasteiger partial charge in [0.1, 0.15) is 22.8 Å². The van der Waals surface area contributed by atoms with Crippen LogP contribution in [0, 0.1) is 0 Å². The summed E-state index contributed by atoms with van der Waals surface area (Å²) in [6.07, 6.45) is 0. The minimum Gasteiger partial charge on any atom is -0.508 e. The highest BCUT2D eigenvalue weighted by Crippen LogP contribution is 2.31. The van der Waals surface area contributed by atoms with Crippen LogP contribution in [0.1, 0.15) is 10.4 Å². The predicted molar refractivity (Wildman–Crippen MR) is 88.7 cm³/mol. The van der Waals surface area contributed by atoms with Gasteiger partial charge in [0.2, 0.25) is 0 Å². The molecule has 0 unspecified atom stereocenters. The third-order valence-electron chi connectivity index (χ3n) is 3.76. The number of anilines is 1. The number of hydrogen-bond donors (Lipinski definition) is 4. The van der Waals surface area contributed by atoms with Crippen molar-refractivity contribution in [1.82, 2.24) is 4.98 Å². The molecular formula is C17H14N2O5. The number of nitrogens with zero attached hydrogens (tertiary/aromatic N) is 1. The van der Waals surface area contributed by atoms with E-state index in [9.17, 15) is 24.9 Å². The molecule has 3 aromatic rings. The minimum absolute atomic E-state index is 0.0430. The molecule has 0 spiro atoms. The van der Waals surface area contributed by atoms with Crippen LogP contribution in [0.5, 0.6) is 17.2 Å². The molecule has 1 heterocycles. The van der Waals surface area contributed by atoms with Crippen LogP contribution in [0.2, 0.25) is 0 Å². The molecule has 0 saturated heterocycles. The maximum Gasteiger partial charge on any atom is 0.267 e. The smallest absolute Gasteiger partial charge is 0.267 e. The van der Waals surface area contributed by atoms with Crippen molar-refractivity contribution in [2.75, 3.05) is 11.9 Å². The molecule has 0 atom stereocenters. The van der Waals surface area contributed by atoms with E-state index < -0.39 is 22.8 Å². The third-order valence-corrected chi connectivity index (χ3v) is 3.76. The number of phenolic OH excluding ortho intramolecular Hbond substituents is 2. The molecule has 24 heavy (non-hydrogen) atoms. The number of hydrogen-bond acceptors (Lipinski definition) is 5. The molecule has 0 radical (unpaired) electrons. The second-order valence-electron chi connectivity index (χ2n) is 5.26. The van der Waals surface area contributed by atoms with Gasteiger partial charge in [0.05, 0.1) is 5.52 Å². The summed E-state index contributed by atoms with van der Waals surface area (Å²) >= 11 is 0. The third kappa shape index (κ3) is 2.41. The van der Waals surface area contributed by atoms with E-state index in [0.717, 1.165) is 0 Å². The van der Waals surface area contributed by atoms with Crippen LogP contribution in [-0.2, 0) is 0 Å². The quantitative estimate of drug-likeness (QED) is 0.574. The van der Waals surface area contributed by atoms with Gasteiger partial charge < -0.3 is 25.2 Å². The van der Waals surface area contributed by atoms with Gasteiger partial charge in [-0.2, -0.15) is 0 Å². The number of H-pyrrole nitrogens is 1. The molecule has 122 valence electrons. The lowest BCUT2D eigenvalue weighted by atomic mass is 10.1. The van der Waals surface area contributed by atoms with Crippen molar-refractivity contribution in [2.24, 2.45) is 0 Å². The number of fused-ring (bicyclic) bond motifs is 1. The fourth-order valence-corrected chi connectivity index (χ4v) is 2.45. The zero-order valence-corrected chi connectivity index (χ0v) is 12.6. The molecule has 0 saturated carbocycles. The summed E-state index contributed by atoms with van der Waals surface area (Å²) in [7, 11) is 1.44. The molecule has 7 heteroatoms. The summed E-state index contributed by atoms with van der Waals surface area (Å²) in [5, 5.41) is 29.6. The summed E-state index contributed by atoms with van der Waals surface area (Å²) in [5.74, 6) is -1.38. The van der Waals surface area contributed by atoms with Crippen LogP contribution < -0.4 is 10.5 Å². The summed E-state index contributed by atoms with van der Waals surface area (Å²) in [6, 6.07) is 10.2. The first-order chi connectivity index (χ1) is 11.4. The van der Waals surface area contributed by atoms with E-state index in [0.29, 0.717) is 5.69 Å². The van der Waals surface area contributed by atoms with Gasteiger partial charge in [-0.1, -0.05) is 6.07 Å². The Bertz CT molecular complexity index is 992. The molecule has 1 aromatic heterocycles. The first-order valence-corrected chi connectivity index (χ1v) is 7.04. The second kappa shape index (κ2) is 5.62. The van der Waals surface area contributed by atoms with Crippen LogP contribution in [0.3, 0.4) is 0 Å². The van der Waals surface area contributed by atoms with E-state index in [1.54, 1.807) is 0 Å². The van der Waals surface area contributed by atoms with E-state index in [1.165, 1.54) is 54.4 Å². The van der Waals surface area contributed by atoms with Gasteiger partial charge in [0.15, 0.2) is 0 Å². The highest BCUT2D eigenvalue weighted by Gasteiger charge is 2.23. The summed E-state index contributed by atoms with van der Waals surface area (Å²) < 4.78 is 0. The lowest BCUT2D eigenvalue weighted by molar-refractivity contribution is 0.0989. The molecule has 4 N–H and O–H groups in total. The highest BCUT2D eigenvalue weighted by atomic mass is 16.3. The molecule has 1 amide bonds. The predicted octanol–water partition coefficient (Wildman–Crippen LogP) is 1.92. The molecule has 0 aliphatic rings. The van der Waals surface area contributed by atoms with Crippen molar-refractivity contribution in [3.63, 3.8) is 0 Å². The molecular weight excluding hydrogens is 312 g/mol. The molecule has 0 fully saturated rings. The Hall–Kier alpha value is -3.48. The lowest BCUT2D eigenvalue weighted by Crippen LogP contribution is -2.31. The zero-order chi connectivity index (χ0) is 17.4. The van der Waals surface area contributed by atoms with E-state index in [1.807, 2.05) is 0 Å². The van der Waals surface area contributed by atoms with Crippen molar-refractivity contribution in [2.45, 2.75) is 0 Å². The number of carbonyl (C=O) groups is 1. The first kappa shape index (κ1) is 15.4. The number of phenols is 2. The van der Waals surface area contributed by atoms with Crippen molar-refractivity contribution < 1.29 is 20.1 Å². The average Bonchev–Trinajstić information content (AvgIpc) is 2.56. The van der Waals surface area contributed by atoms with E-state index >= 15 is 0 Å². The van der Waals surface area contributed by atoms with Crippen molar-refractivity contribution in [3.8, 4) is 17.2 Å². The molecule has 0 aliphatic heterocycles. The number of amides is 1. The number of nitrogens with one attached hydrogen (secondary N) is 1. The van der Waals surface area contributed by atoms with Crippen molar-refractivity contribution in [1.29, 1.82) is 0 Å². The number of aromatic hydroxyl groups is 3. The Kier molecular flexibility index (Phi) is 3.61. The Balaban J connectivity index is 2.13. The van der Waals surface area contributed by atoms with Gasteiger partial charge >= 0.3 is 0 Å². The standard InChI is InChI=1S/C17H14N2O5/c1-19(9-5-7-10(20)8-6-9)17(24)13-15(22)11-3-2-4-12(21)14(11)18-16(13)23/h2-8,20-21H,1H3,(H2,18,22,23). The van der Waals surface area contributed by atoms with Crippen LogP contribution in [0.15, 0.2) is 47.3 Å². The van der Waals surface area contributed by atoms with Gasteiger partial charge in [0.25, 0.3) is 11.5 Å². The number of aromatic amines is 1. The Morgan fingerprint density at radius 1 is 1.04 bits per heavy atom. The van der Waals surface area contributed by atoms with Gasteiger partial charge in [-0.3, -0.25) is 9.59 Å². The van der Waals surface area contributed by atoms with Gasteiger partial charge in [-0.15, -0.1) is 0 Å².